The molecule has 1 aromatic rings. The van der Waals surface area contributed by atoms with Crippen molar-refractivity contribution < 1.29 is 9.50 Å². The molecule has 2 nitrogen and oxygen atoms in total. The van der Waals surface area contributed by atoms with Gasteiger partial charge in [0.2, 0.25) is 0 Å². The van der Waals surface area contributed by atoms with Gasteiger partial charge in [-0.25, -0.2) is 4.39 Å². The lowest BCUT2D eigenvalue weighted by atomic mass is 9.80. The maximum atomic E-state index is 13.3. The van der Waals surface area contributed by atoms with E-state index < -0.39 is 11.5 Å². The molecule has 0 heterocycles. The molecule has 1 aromatic carbocycles. The minimum atomic E-state index is -0.961. The van der Waals surface area contributed by atoms with Crippen LogP contribution in [0.25, 0.3) is 0 Å². The second kappa shape index (κ2) is 4.63. The van der Waals surface area contributed by atoms with Gasteiger partial charge in [0, 0.05) is 0 Å². The van der Waals surface area contributed by atoms with Crippen LogP contribution in [-0.2, 0) is 0 Å². The molecule has 0 aliphatic rings. The lowest BCUT2D eigenvalue weighted by molar-refractivity contribution is 0.0719. The third-order valence-electron chi connectivity index (χ3n) is 3.10. The fraction of sp³-hybridized carbons (Fsp3) is 0.462. The topological polar surface area (TPSA) is 44.0 Å². The van der Waals surface area contributed by atoms with E-state index in [0.717, 1.165) is 0 Å². The zero-order chi connectivity index (χ0) is 12.3. The van der Waals surface area contributed by atoms with Gasteiger partial charge in [0.25, 0.3) is 0 Å². The Kier molecular flexibility index (Phi) is 3.66. The van der Waals surface area contributed by atoms with Gasteiger partial charge in [-0.3, -0.25) is 0 Å². The number of hydrogen-bond donors (Lipinski definition) is 1. The van der Waals surface area contributed by atoms with Gasteiger partial charge >= 0.3 is 0 Å². The van der Waals surface area contributed by atoms with Gasteiger partial charge in [0.15, 0.2) is 0 Å². The molecule has 0 fully saturated rings. The molecule has 86 valence electrons. The SMILES string of the molecule is CCC(C)(C#N)C(O)c1ccc(C)c(F)c1. The van der Waals surface area contributed by atoms with E-state index in [-0.39, 0.29) is 5.82 Å². The minimum absolute atomic E-state index is 0.354. The number of halogens is 1. The van der Waals surface area contributed by atoms with Crippen LogP contribution in [0.2, 0.25) is 0 Å². The summed E-state index contributed by atoms with van der Waals surface area (Å²) < 4.78 is 13.3. The zero-order valence-corrected chi connectivity index (χ0v) is 9.79. The van der Waals surface area contributed by atoms with E-state index in [9.17, 15) is 9.50 Å². The van der Waals surface area contributed by atoms with Crippen molar-refractivity contribution in [3.8, 4) is 6.07 Å². The molecule has 0 saturated heterocycles. The van der Waals surface area contributed by atoms with Gasteiger partial charge in [-0.05, 0) is 37.5 Å². The Balaban J connectivity index is 3.10. The Bertz CT molecular complexity index is 424. The lowest BCUT2D eigenvalue weighted by Gasteiger charge is -2.26. The summed E-state index contributed by atoms with van der Waals surface area (Å²) in [6.07, 6.45) is -0.447. The Hall–Kier alpha value is -1.40. The molecule has 0 aliphatic heterocycles. The molecule has 16 heavy (non-hydrogen) atoms. The molecule has 1 N–H and O–H groups in total. The number of nitriles is 1. The molecule has 0 aliphatic carbocycles. The van der Waals surface area contributed by atoms with Crippen molar-refractivity contribution in [2.75, 3.05) is 0 Å². The summed E-state index contributed by atoms with van der Waals surface area (Å²) in [7, 11) is 0. The second-order valence-corrected chi connectivity index (χ2v) is 4.29. The van der Waals surface area contributed by atoms with E-state index in [1.807, 2.05) is 6.92 Å². The summed E-state index contributed by atoms with van der Waals surface area (Å²) in [5.74, 6) is -0.354. The molecule has 0 bridgehead atoms. The number of rotatable bonds is 3. The van der Waals surface area contributed by atoms with Crippen LogP contribution in [0.1, 0.15) is 37.5 Å². The van der Waals surface area contributed by atoms with Crippen molar-refractivity contribution >= 4 is 0 Å². The van der Waals surface area contributed by atoms with Crippen LogP contribution in [0.4, 0.5) is 4.39 Å². The molecular formula is C13H16FNO. The molecule has 0 spiro atoms. The minimum Gasteiger partial charge on any atom is -0.387 e. The normalized spacial score (nSPS) is 16.2. The average Bonchev–Trinajstić information content (AvgIpc) is 2.30. The van der Waals surface area contributed by atoms with Crippen LogP contribution in [-0.4, -0.2) is 5.11 Å². The quantitative estimate of drug-likeness (QED) is 0.852. The summed E-state index contributed by atoms with van der Waals surface area (Å²) in [5, 5.41) is 19.1. The van der Waals surface area contributed by atoms with Crippen molar-refractivity contribution in [3.05, 3.63) is 35.1 Å². The maximum absolute atomic E-state index is 13.3. The monoisotopic (exact) mass is 221 g/mol. The number of aliphatic hydroxyl groups excluding tert-OH is 1. The van der Waals surface area contributed by atoms with E-state index in [1.54, 1.807) is 26.0 Å². The van der Waals surface area contributed by atoms with Gasteiger partial charge < -0.3 is 5.11 Å². The second-order valence-electron chi connectivity index (χ2n) is 4.29. The highest BCUT2D eigenvalue weighted by Crippen LogP contribution is 2.36. The number of benzene rings is 1. The van der Waals surface area contributed by atoms with Crippen molar-refractivity contribution in [2.45, 2.75) is 33.3 Å². The van der Waals surface area contributed by atoms with E-state index in [0.29, 0.717) is 17.5 Å². The smallest absolute Gasteiger partial charge is 0.126 e. The van der Waals surface area contributed by atoms with E-state index in [4.69, 9.17) is 5.26 Å². The number of hydrogen-bond acceptors (Lipinski definition) is 2. The summed E-state index contributed by atoms with van der Waals surface area (Å²) in [6, 6.07) is 6.66. The summed E-state index contributed by atoms with van der Waals surface area (Å²) in [5.41, 5.74) is 0.113. The maximum Gasteiger partial charge on any atom is 0.126 e. The first-order valence-corrected chi connectivity index (χ1v) is 5.30. The molecular weight excluding hydrogens is 205 g/mol. The highest BCUT2D eigenvalue weighted by molar-refractivity contribution is 5.27. The van der Waals surface area contributed by atoms with Crippen LogP contribution in [0.5, 0.6) is 0 Å². The Labute approximate surface area is 95.3 Å². The van der Waals surface area contributed by atoms with E-state index >= 15 is 0 Å². The van der Waals surface area contributed by atoms with Crippen LogP contribution in [0.15, 0.2) is 18.2 Å². The van der Waals surface area contributed by atoms with Gasteiger partial charge in [-0.15, -0.1) is 0 Å². The Morgan fingerprint density at radius 2 is 2.19 bits per heavy atom. The molecule has 0 saturated carbocycles. The third kappa shape index (κ3) is 2.23. The van der Waals surface area contributed by atoms with Crippen LogP contribution in [0, 0.1) is 29.5 Å². The Morgan fingerprint density at radius 3 is 2.62 bits per heavy atom. The van der Waals surface area contributed by atoms with Gasteiger partial charge in [-0.2, -0.15) is 5.26 Å². The Morgan fingerprint density at radius 1 is 1.56 bits per heavy atom. The molecule has 1 rings (SSSR count). The fourth-order valence-electron chi connectivity index (χ4n) is 1.48. The van der Waals surface area contributed by atoms with Crippen LogP contribution in [0.3, 0.4) is 0 Å². The fourth-order valence-corrected chi connectivity index (χ4v) is 1.48. The summed E-state index contributed by atoms with van der Waals surface area (Å²) in [4.78, 5) is 0. The molecule has 2 atom stereocenters. The van der Waals surface area contributed by atoms with Gasteiger partial charge in [0.1, 0.15) is 5.82 Å². The molecule has 2 unspecified atom stereocenters. The first-order valence-electron chi connectivity index (χ1n) is 5.30. The number of aliphatic hydroxyl groups is 1. The van der Waals surface area contributed by atoms with Crippen molar-refractivity contribution in [2.24, 2.45) is 5.41 Å². The molecule has 0 radical (unpaired) electrons. The zero-order valence-electron chi connectivity index (χ0n) is 9.79. The van der Waals surface area contributed by atoms with Gasteiger partial charge in [0.05, 0.1) is 17.6 Å². The predicted octanol–water partition coefficient (Wildman–Crippen LogP) is 3.11. The van der Waals surface area contributed by atoms with Crippen LogP contribution >= 0.6 is 0 Å². The van der Waals surface area contributed by atoms with E-state index in [1.165, 1.54) is 6.07 Å². The largest absolute Gasteiger partial charge is 0.387 e. The van der Waals surface area contributed by atoms with Crippen molar-refractivity contribution in [1.29, 1.82) is 5.26 Å². The number of nitrogens with zero attached hydrogens (tertiary/aromatic N) is 1. The third-order valence-corrected chi connectivity index (χ3v) is 3.10. The van der Waals surface area contributed by atoms with Crippen molar-refractivity contribution in [1.82, 2.24) is 0 Å². The highest BCUT2D eigenvalue weighted by Gasteiger charge is 2.32. The standard InChI is InChI=1S/C13H16FNO/c1-4-13(3,8-15)12(16)10-6-5-9(2)11(14)7-10/h5-7,12,16H,4H2,1-3H3. The predicted molar refractivity (Wildman–Crippen MR) is 60.1 cm³/mol. The molecule has 3 heteroatoms. The average molecular weight is 221 g/mol. The summed E-state index contributed by atoms with van der Waals surface area (Å²) >= 11 is 0. The molecule has 0 aromatic heterocycles. The van der Waals surface area contributed by atoms with Gasteiger partial charge in [-0.1, -0.05) is 19.1 Å². The lowest BCUT2D eigenvalue weighted by Crippen LogP contribution is -2.23. The molecule has 0 amide bonds. The summed E-state index contributed by atoms with van der Waals surface area (Å²) in [6.45, 7) is 5.17. The van der Waals surface area contributed by atoms with Crippen LogP contribution < -0.4 is 0 Å². The van der Waals surface area contributed by atoms with E-state index in [2.05, 4.69) is 6.07 Å². The number of aryl methyl sites for hydroxylation is 1. The first kappa shape index (κ1) is 12.7. The highest BCUT2D eigenvalue weighted by atomic mass is 19.1. The van der Waals surface area contributed by atoms with Crippen molar-refractivity contribution in [3.63, 3.8) is 0 Å². The first-order chi connectivity index (χ1) is 7.44.